The van der Waals surface area contributed by atoms with Gasteiger partial charge in [-0.3, -0.25) is 4.79 Å². The van der Waals surface area contributed by atoms with Gasteiger partial charge in [0.25, 0.3) is 0 Å². The smallest absolute Gasteiger partial charge is 0.406 e. The molecule has 1 atom stereocenters. The summed E-state index contributed by atoms with van der Waals surface area (Å²) in [6.45, 7) is 0.421. The van der Waals surface area contributed by atoms with Gasteiger partial charge in [0.05, 0.1) is 14.2 Å². The number of amides is 1. The van der Waals surface area contributed by atoms with Gasteiger partial charge in [-0.05, 0) is 37.8 Å². The first-order valence-electron chi connectivity index (χ1n) is 8.03. The third-order valence-corrected chi connectivity index (χ3v) is 4.27. The largest absolute Gasteiger partial charge is 0.493 e. The summed E-state index contributed by atoms with van der Waals surface area (Å²) in [4.78, 5) is 13.3. The van der Waals surface area contributed by atoms with Crippen molar-refractivity contribution in [2.45, 2.75) is 32.0 Å². The molecular weight excluding hydrogens is 335 g/mol. The zero-order valence-corrected chi connectivity index (χ0v) is 14.5. The minimum atomic E-state index is -4.43. The minimum absolute atomic E-state index is 0.144. The molecule has 4 nitrogen and oxygen atoms in total. The van der Waals surface area contributed by atoms with E-state index < -0.39 is 24.7 Å². The zero-order chi connectivity index (χ0) is 18.6. The lowest BCUT2D eigenvalue weighted by atomic mass is 10.1. The Labute approximate surface area is 145 Å². The fourth-order valence-electron chi connectivity index (χ4n) is 2.75. The molecule has 1 aliphatic carbocycles. The molecule has 1 amide bonds. The van der Waals surface area contributed by atoms with E-state index in [0.717, 1.165) is 23.8 Å². The van der Waals surface area contributed by atoms with Crippen molar-refractivity contribution < 1.29 is 27.4 Å². The van der Waals surface area contributed by atoms with Gasteiger partial charge in [-0.2, -0.15) is 13.2 Å². The Kier molecular flexibility index (Phi) is 5.98. The molecule has 0 spiro atoms. The van der Waals surface area contributed by atoms with E-state index >= 15 is 0 Å². The molecule has 1 aromatic rings. The molecule has 0 unspecified atom stereocenters. The number of halogens is 3. The average Bonchev–Trinajstić information content (AvgIpc) is 3.40. The maximum Gasteiger partial charge on any atom is 0.406 e. The lowest BCUT2D eigenvalue weighted by Crippen LogP contribution is -2.44. The van der Waals surface area contributed by atoms with Crippen molar-refractivity contribution >= 4 is 12.0 Å². The van der Waals surface area contributed by atoms with E-state index in [1.807, 2.05) is 0 Å². The summed E-state index contributed by atoms with van der Waals surface area (Å²) in [5.74, 6) is 0.384. The lowest BCUT2D eigenvalue weighted by Gasteiger charge is -2.29. The molecule has 1 aliphatic rings. The van der Waals surface area contributed by atoms with Gasteiger partial charge in [0.2, 0.25) is 5.91 Å². The van der Waals surface area contributed by atoms with Crippen molar-refractivity contribution in [3.63, 3.8) is 0 Å². The summed E-state index contributed by atoms with van der Waals surface area (Å²) < 4.78 is 48.9. The average molecular weight is 357 g/mol. The Bertz CT molecular complexity index is 639. The molecule has 0 aliphatic heterocycles. The van der Waals surface area contributed by atoms with E-state index in [0.29, 0.717) is 17.1 Å². The number of benzene rings is 1. The van der Waals surface area contributed by atoms with E-state index in [1.54, 1.807) is 25.1 Å². The maximum atomic E-state index is 12.8. The number of methoxy groups -OCH3 is 2. The third-order valence-electron chi connectivity index (χ3n) is 4.27. The summed E-state index contributed by atoms with van der Waals surface area (Å²) in [5.41, 5.74) is 0.557. The highest BCUT2D eigenvalue weighted by atomic mass is 19.4. The topological polar surface area (TPSA) is 38.8 Å². The summed E-state index contributed by atoms with van der Waals surface area (Å²) in [6.07, 6.45) is -0.110. The Morgan fingerprint density at radius 2 is 2.00 bits per heavy atom. The van der Waals surface area contributed by atoms with Gasteiger partial charge in [0.15, 0.2) is 11.5 Å². The first kappa shape index (κ1) is 19.1. The number of nitrogens with zero attached hydrogens (tertiary/aromatic N) is 1. The summed E-state index contributed by atoms with van der Waals surface area (Å²) in [7, 11) is 2.95. The summed E-state index contributed by atoms with van der Waals surface area (Å²) in [5, 5.41) is 0. The number of carbonyl (C=O) groups is 1. The highest BCUT2D eigenvalue weighted by Gasteiger charge is 2.39. The van der Waals surface area contributed by atoms with E-state index in [4.69, 9.17) is 9.47 Å². The molecule has 0 bridgehead atoms. The molecule has 25 heavy (non-hydrogen) atoms. The number of carbonyl (C=O) groups excluding carboxylic acids is 1. The number of alkyl halides is 3. The number of hydrogen-bond acceptors (Lipinski definition) is 3. The molecule has 7 heteroatoms. The second-order valence-corrected chi connectivity index (χ2v) is 6.08. The van der Waals surface area contributed by atoms with Crippen LogP contribution in [0.15, 0.2) is 24.3 Å². The third kappa shape index (κ3) is 5.14. The predicted molar refractivity (Wildman–Crippen MR) is 88.5 cm³/mol. The molecule has 0 heterocycles. The van der Waals surface area contributed by atoms with Crippen LogP contribution in [0.4, 0.5) is 13.2 Å². The highest BCUT2D eigenvalue weighted by molar-refractivity contribution is 5.92. The van der Waals surface area contributed by atoms with Crippen LogP contribution in [-0.4, -0.2) is 43.8 Å². The van der Waals surface area contributed by atoms with Crippen molar-refractivity contribution in [1.29, 1.82) is 0 Å². The highest BCUT2D eigenvalue weighted by Crippen LogP contribution is 2.36. The van der Waals surface area contributed by atoms with Crippen molar-refractivity contribution in [2.75, 3.05) is 20.8 Å². The summed E-state index contributed by atoms with van der Waals surface area (Å²) >= 11 is 0. The SMILES string of the molecule is COc1cccc(/C=C/C(=O)N(CC(F)(F)F)[C@@H](C)C2CC2)c1OC. The molecule has 0 radical (unpaired) electrons. The van der Waals surface area contributed by atoms with Crippen LogP contribution >= 0.6 is 0 Å². The van der Waals surface area contributed by atoms with Crippen LogP contribution in [0, 0.1) is 5.92 Å². The number of para-hydroxylation sites is 1. The van der Waals surface area contributed by atoms with Crippen LogP contribution in [0.1, 0.15) is 25.3 Å². The zero-order valence-electron chi connectivity index (χ0n) is 14.5. The van der Waals surface area contributed by atoms with Gasteiger partial charge in [-0.15, -0.1) is 0 Å². The molecule has 0 saturated heterocycles. The Morgan fingerprint density at radius 3 is 2.52 bits per heavy atom. The van der Waals surface area contributed by atoms with E-state index in [-0.39, 0.29) is 5.92 Å². The number of ether oxygens (including phenoxy) is 2. The van der Waals surface area contributed by atoms with Gasteiger partial charge >= 0.3 is 6.18 Å². The molecule has 1 fully saturated rings. The fraction of sp³-hybridized carbons (Fsp3) is 0.500. The van der Waals surface area contributed by atoms with Crippen LogP contribution in [0.5, 0.6) is 11.5 Å². The molecule has 0 N–H and O–H groups in total. The van der Waals surface area contributed by atoms with Crippen molar-refractivity contribution in [2.24, 2.45) is 5.92 Å². The monoisotopic (exact) mass is 357 g/mol. The van der Waals surface area contributed by atoms with Crippen LogP contribution in [-0.2, 0) is 4.79 Å². The maximum absolute atomic E-state index is 12.8. The normalized spacial score (nSPS) is 15.9. The first-order valence-corrected chi connectivity index (χ1v) is 8.03. The van der Waals surface area contributed by atoms with Crippen LogP contribution in [0.3, 0.4) is 0 Å². The summed E-state index contributed by atoms with van der Waals surface area (Å²) in [6, 6.07) is 4.67. The van der Waals surface area contributed by atoms with E-state index in [9.17, 15) is 18.0 Å². The van der Waals surface area contributed by atoms with Gasteiger partial charge in [-0.25, -0.2) is 0 Å². The molecule has 1 saturated carbocycles. The molecule has 138 valence electrons. The molecule has 2 rings (SSSR count). The standard InChI is InChI=1S/C18H22F3NO3/c1-12(13-7-8-13)22(11-18(19,20)21)16(23)10-9-14-5-4-6-15(24-2)17(14)25-3/h4-6,9-10,12-13H,7-8,11H2,1-3H3/b10-9+/t12-/m0/s1. The second kappa shape index (κ2) is 7.80. The van der Waals surface area contributed by atoms with Crippen LogP contribution in [0.2, 0.25) is 0 Å². The molecule has 1 aromatic carbocycles. The lowest BCUT2D eigenvalue weighted by molar-refractivity contribution is -0.162. The second-order valence-electron chi connectivity index (χ2n) is 6.08. The van der Waals surface area contributed by atoms with E-state index in [1.165, 1.54) is 20.3 Å². The molecule has 0 aromatic heterocycles. The number of hydrogen-bond donors (Lipinski definition) is 0. The molecular formula is C18H22F3NO3. The Hall–Kier alpha value is -2.18. The number of rotatable bonds is 7. The van der Waals surface area contributed by atoms with Gasteiger partial charge in [0.1, 0.15) is 6.54 Å². The van der Waals surface area contributed by atoms with Crippen molar-refractivity contribution in [1.82, 2.24) is 4.90 Å². The van der Waals surface area contributed by atoms with Crippen LogP contribution < -0.4 is 9.47 Å². The minimum Gasteiger partial charge on any atom is -0.493 e. The predicted octanol–water partition coefficient (Wildman–Crippen LogP) is 3.91. The Morgan fingerprint density at radius 1 is 1.32 bits per heavy atom. The Balaban J connectivity index is 2.21. The quantitative estimate of drug-likeness (QED) is 0.695. The fourth-order valence-corrected chi connectivity index (χ4v) is 2.75. The van der Waals surface area contributed by atoms with Gasteiger partial charge < -0.3 is 14.4 Å². The van der Waals surface area contributed by atoms with E-state index in [2.05, 4.69) is 0 Å². The van der Waals surface area contributed by atoms with Crippen LogP contribution in [0.25, 0.3) is 6.08 Å². The van der Waals surface area contributed by atoms with Crippen molar-refractivity contribution in [3.05, 3.63) is 29.8 Å². The first-order chi connectivity index (χ1) is 11.8. The van der Waals surface area contributed by atoms with Crippen molar-refractivity contribution in [3.8, 4) is 11.5 Å². The van der Waals surface area contributed by atoms with Gasteiger partial charge in [-0.1, -0.05) is 12.1 Å². The van der Waals surface area contributed by atoms with Gasteiger partial charge in [0, 0.05) is 17.7 Å².